The fraction of sp³-hybridized carbons (Fsp3) is 0.467. The van der Waals surface area contributed by atoms with Crippen LogP contribution in [0.2, 0.25) is 0 Å². The van der Waals surface area contributed by atoms with Crippen molar-refractivity contribution in [1.29, 1.82) is 0 Å². The van der Waals surface area contributed by atoms with Gasteiger partial charge in [-0.2, -0.15) is 0 Å². The van der Waals surface area contributed by atoms with Crippen molar-refractivity contribution >= 4 is 16.7 Å². The molecule has 0 radical (unpaired) electrons. The third-order valence-corrected chi connectivity index (χ3v) is 8.68. The average Bonchev–Trinajstić information content (AvgIpc) is 2.87. The number of pyridine rings is 1. The second-order valence-corrected chi connectivity index (χ2v) is 10.9. The number of ether oxygens (including phenoxy) is 3. The van der Waals surface area contributed by atoms with E-state index in [1.54, 1.807) is 19.2 Å². The number of fused-ring (bicyclic) bond motifs is 1. The molecular formula is C30H33NO5. The first-order chi connectivity index (χ1) is 17.5. The van der Waals surface area contributed by atoms with Crippen LogP contribution < -0.4 is 9.47 Å². The molecule has 36 heavy (non-hydrogen) atoms. The molecule has 4 aliphatic carbocycles. The first-order valence-electron chi connectivity index (χ1n) is 13.0. The molecule has 6 nitrogen and oxygen atoms in total. The largest absolute Gasteiger partial charge is 0.496 e. The van der Waals surface area contributed by atoms with Gasteiger partial charge in [0.1, 0.15) is 11.5 Å². The monoisotopic (exact) mass is 487 g/mol. The maximum absolute atomic E-state index is 11.3. The Bertz CT molecular complexity index is 1260. The van der Waals surface area contributed by atoms with Crippen LogP contribution in [0.1, 0.15) is 61.4 Å². The Morgan fingerprint density at radius 1 is 1.06 bits per heavy atom. The van der Waals surface area contributed by atoms with Gasteiger partial charge in [-0.05, 0) is 104 Å². The van der Waals surface area contributed by atoms with Crippen molar-refractivity contribution in [3.63, 3.8) is 0 Å². The van der Waals surface area contributed by atoms with E-state index < -0.39 is 5.97 Å². The Labute approximate surface area is 211 Å². The molecule has 188 valence electrons. The lowest BCUT2D eigenvalue weighted by Crippen LogP contribution is -2.48. The normalized spacial score (nSPS) is 26.3. The molecule has 1 N–H and O–H groups in total. The van der Waals surface area contributed by atoms with Crippen molar-refractivity contribution in [2.45, 2.75) is 50.9 Å². The smallest absolute Gasteiger partial charge is 0.337 e. The number of hydrogen-bond acceptors (Lipinski definition) is 5. The molecule has 0 atom stereocenters. The summed E-state index contributed by atoms with van der Waals surface area (Å²) in [4.78, 5) is 15.8. The predicted octanol–water partition coefficient (Wildman–Crippen LogP) is 6.45. The lowest BCUT2D eigenvalue weighted by molar-refractivity contribution is -0.00610. The van der Waals surface area contributed by atoms with Gasteiger partial charge in [0.25, 0.3) is 0 Å². The summed E-state index contributed by atoms with van der Waals surface area (Å²) >= 11 is 0. The van der Waals surface area contributed by atoms with E-state index in [2.05, 4.69) is 23.2 Å². The highest BCUT2D eigenvalue weighted by molar-refractivity contribution is 5.96. The first-order valence-corrected chi connectivity index (χ1v) is 13.0. The SMILES string of the molecule is CCOCOc1c(-c2ccc(C(=O)O)cn2)ccc2cc(OC)c(C34CC5CC(CC(C5)C3)C4)cc12. The predicted molar refractivity (Wildman–Crippen MR) is 138 cm³/mol. The Morgan fingerprint density at radius 2 is 1.78 bits per heavy atom. The van der Waals surface area contributed by atoms with Crippen molar-refractivity contribution < 1.29 is 24.1 Å². The molecule has 1 aromatic heterocycles. The van der Waals surface area contributed by atoms with Crippen LogP contribution in [-0.4, -0.2) is 36.6 Å². The summed E-state index contributed by atoms with van der Waals surface area (Å²) in [5.41, 5.74) is 3.12. The van der Waals surface area contributed by atoms with E-state index in [4.69, 9.17) is 14.2 Å². The van der Waals surface area contributed by atoms with Gasteiger partial charge in [-0.3, -0.25) is 4.98 Å². The minimum atomic E-state index is -0.993. The first kappa shape index (κ1) is 23.3. The van der Waals surface area contributed by atoms with E-state index >= 15 is 0 Å². The fourth-order valence-electron chi connectivity index (χ4n) is 7.57. The van der Waals surface area contributed by atoms with E-state index in [0.717, 1.165) is 39.8 Å². The van der Waals surface area contributed by atoms with E-state index in [1.165, 1.54) is 50.3 Å². The zero-order valence-corrected chi connectivity index (χ0v) is 21.0. The maximum atomic E-state index is 11.3. The highest BCUT2D eigenvalue weighted by Crippen LogP contribution is 2.62. The Hall–Kier alpha value is -3.12. The highest BCUT2D eigenvalue weighted by Gasteiger charge is 2.52. The minimum absolute atomic E-state index is 0.133. The summed E-state index contributed by atoms with van der Waals surface area (Å²) in [5, 5.41) is 11.3. The second-order valence-electron chi connectivity index (χ2n) is 10.9. The molecule has 4 saturated carbocycles. The summed E-state index contributed by atoms with van der Waals surface area (Å²) in [5.74, 6) is 3.17. The van der Waals surface area contributed by atoms with Crippen LogP contribution in [-0.2, 0) is 10.2 Å². The van der Waals surface area contributed by atoms with Crippen LogP contribution in [0.5, 0.6) is 11.5 Å². The molecule has 0 spiro atoms. The molecular weight excluding hydrogens is 454 g/mol. The zero-order chi connectivity index (χ0) is 24.9. The Kier molecular flexibility index (Phi) is 5.87. The van der Waals surface area contributed by atoms with Crippen LogP contribution >= 0.6 is 0 Å². The van der Waals surface area contributed by atoms with Crippen LogP contribution in [0, 0.1) is 17.8 Å². The Balaban J connectivity index is 1.51. The topological polar surface area (TPSA) is 77.9 Å². The molecule has 1 heterocycles. The number of aromatic carboxylic acids is 1. The van der Waals surface area contributed by atoms with Crippen molar-refractivity contribution in [3.8, 4) is 22.8 Å². The van der Waals surface area contributed by atoms with E-state index in [9.17, 15) is 9.90 Å². The van der Waals surface area contributed by atoms with Gasteiger partial charge in [-0.25, -0.2) is 4.79 Å². The summed E-state index contributed by atoms with van der Waals surface area (Å²) in [6.45, 7) is 2.63. The van der Waals surface area contributed by atoms with E-state index in [-0.39, 0.29) is 17.8 Å². The van der Waals surface area contributed by atoms with Gasteiger partial charge < -0.3 is 19.3 Å². The second kappa shape index (κ2) is 9.07. The molecule has 2 aromatic carbocycles. The van der Waals surface area contributed by atoms with E-state index in [1.807, 2.05) is 13.0 Å². The number of methoxy groups -OCH3 is 1. The zero-order valence-electron chi connectivity index (χ0n) is 21.0. The van der Waals surface area contributed by atoms with Gasteiger partial charge in [0.15, 0.2) is 6.79 Å². The fourth-order valence-corrected chi connectivity index (χ4v) is 7.57. The molecule has 4 aliphatic rings. The van der Waals surface area contributed by atoms with Gasteiger partial charge in [0.05, 0.1) is 18.4 Å². The molecule has 4 bridgehead atoms. The highest BCUT2D eigenvalue weighted by atomic mass is 16.7. The molecule has 7 rings (SSSR count). The number of rotatable bonds is 8. The summed E-state index contributed by atoms with van der Waals surface area (Å²) in [7, 11) is 1.78. The molecule has 4 fully saturated rings. The van der Waals surface area contributed by atoms with Crippen molar-refractivity contribution in [2.24, 2.45) is 17.8 Å². The lowest BCUT2D eigenvalue weighted by atomic mass is 9.48. The third-order valence-electron chi connectivity index (χ3n) is 8.68. The molecule has 3 aromatic rings. The number of carboxylic acids is 1. The van der Waals surface area contributed by atoms with Crippen molar-refractivity contribution in [1.82, 2.24) is 4.98 Å². The van der Waals surface area contributed by atoms with Gasteiger partial charge >= 0.3 is 5.97 Å². The van der Waals surface area contributed by atoms with Crippen LogP contribution in [0.4, 0.5) is 0 Å². The van der Waals surface area contributed by atoms with Crippen LogP contribution in [0.25, 0.3) is 22.0 Å². The summed E-state index contributed by atoms with van der Waals surface area (Å²) < 4.78 is 17.8. The molecule has 0 amide bonds. The molecule has 0 aliphatic heterocycles. The number of aromatic nitrogens is 1. The quantitative estimate of drug-likeness (QED) is 0.291. The molecule has 6 heteroatoms. The van der Waals surface area contributed by atoms with Gasteiger partial charge in [-0.15, -0.1) is 0 Å². The molecule has 0 unspecified atom stereocenters. The average molecular weight is 488 g/mol. The Morgan fingerprint density at radius 3 is 2.36 bits per heavy atom. The molecule has 0 saturated heterocycles. The summed E-state index contributed by atoms with van der Waals surface area (Å²) in [6.07, 6.45) is 9.29. The van der Waals surface area contributed by atoms with Crippen molar-refractivity contribution in [2.75, 3.05) is 20.5 Å². The van der Waals surface area contributed by atoms with Gasteiger partial charge in [0.2, 0.25) is 0 Å². The number of nitrogens with zero attached hydrogens (tertiary/aromatic N) is 1. The summed E-state index contributed by atoms with van der Waals surface area (Å²) in [6, 6.07) is 11.8. The van der Waals surface area contributed by atoms with E-state index in [0.29, 0.717) is 18.1 Å². The number of carboxylic acid groups (broad SMARTS) is 1. The van der Waals surface area contributed by atoms with Crippen molar-refractivity contribution in [3.05, 3.63) is 53.7 Å². The maximum Gasteiger partial charge on any atom is 0.337 e. The van der Waals surface area contributed by atoms with Gasteiger partial charge in [-0.1, -0.05) is 6.07 Å². The van der Waals surface area contributed by atoms with Crippen LogP contribution in [0.15, 0.2) is 42.6 Å². The van der Waals surface area contributed by atoms with Crippen LogP contribution in [0.3, 0.4) is 0 Å². The number of benzene rings is 2. The third kappa shape index (κ3) is 3.92. The number of hydrogen-bond donors (Lipinski definition) is 1. The minimum Gasteiger partial charge on any atom is -0.496 e. The number of carbonyl (C=O) groups is 1. The van der Waals surface area contributed by atoms with Gasteiger partial charge in [0, 0.05) is 29.3 Å². The standard InChI is InChI=1S/C30H33NO5/c1-3-35-17-36-28-23(26-7-5-22(16-31-26)29(32)33)6-4-21-11-27(34-2)25(12-24(21)28)30-13-18-8-19(14-30)10-20(9-18)15-30/h4-7,11-12,16,18-20H,3,8-10,13-15,17H2,1-2H3,(H,32,33). The lowest BCUT2D eigenvalue weighted by Gasteiger charge is -2.57.